The van der Waals surface area contributed by atoms with Crippen molar-refractivity contribution in [2.45, 2.75) is 92.7 Å². The molecule has 0 saturated carbocycles. The van der Waals surface area contributed by atoms with Crippen LogP contribution in [0.1, 0.15) is 91.2 Å². The molecule has 5 rings (SSSR count). The molecule has 0 N–H and O–H groups in total. The normalized spacial score (nSPS) is 20.4. The van der Waals surface area contributed by atoms with Gasteiger partial charge < -0.3 is 14.4 Å². The van der Waals surface area contributed by atoms with E-state index in [1.807, 2.05) is 51.1 Å². The summed E-state index contributed by atoms with van der Waals surface area (Å²) >= 11 is 3.74. The molecule has 6 heteroatoms. The number of rotatable bonds is 7. The van der Waals surface area contributed by atoms with Crippen molar-refractivity contribution in [3.63, 3.8) is 0 Å². The highest BCUT2D eigenvalue weighted by atomic mass is 79.9. The largest absolute Gasteiger partial charge is 0.490 e. The molecule has 41 heavy (non-hydrogen) atoms. The predicted molar refractivity (Wildman–Crippen MR) is 166 cm³/mol. The first-order valence-electron chi connectivity index (χ1n) is 14.8. The van der Waals surface area contributed by atoms with Gasteiger partial charge in [-0.1, -0.05) is 58.0 Å². The Balaban J connectivity index is 1.77. The minimum atomic E-state index is -0.442. The van der Waals surface area contributed by atoms with E-state index in [0.717, 1.165) is 51.0 Å². The summed E-state index contributed by atoms with van der Waals surface area (Å²) in [5.41, 5.74) is 5.34. The number of allylic oxidation sites excluding steroid dienone is 4. The summed E-state index contributed by atoms with van der Waals surface area (Å²) in [5, 5.41) is 0. The fourth-order valence-electron chi connectivity index (χ4n) is 6.71. The van der Waals surface area contributed by atoms with E-state index in [9.17, 15) is 9.59 Å². The highest BCUT2D eigenvalue weighted by Gasteiger charge is 2.49. The summed E-state index contributed by atoms with van der Waals surface area (Å²) < 4.78 is 13.0. The summed E-state index contributed by atoms with van der Waals surface area (Å²) in [6.07, 6.45) is 2.43. The Bertz CT molecular complexity index is 1380. The van der Waals surface area contributed by atoms with E-state index < -0.39 is 5.92 Å². The average Bonchev–Trinajstić information content (AvgIpc) is 2.86. The van der Waals surface area contributed by atoms with Crippen LogP contribution in [0.2, 0.25) is 0 Å². The van der Waals surface area contributed by atoms with Gasteiger partial charge in [0, 0.05) is 47.8 Å². The molecule has 2 aromatic carbocycles. The zero-order chi connectivity index (χ0) is 29.7. The Kier molecular flexibility index (Phi) is 8.01. The second-order valence-corrected chi connectivity index (χ2v) is 14.4. The Morgan fingerprint density at radius 2 is 1.46 bits per heavy atom. The van der Waals surface area contributed by atoms with Gasteiger partial charge in [0.25, 0.3) is 0 Å². The zero-order valence-electron chi connectivity index (χ0n) is 25.4. The van der Waals surface area contributed by atoms with Gasteiger partial charge in [-0.25, -0.2) is 0 Å². The van der Waals surface area contributed by atoms with Crippen molar-refractivity contribution in [2.75, 3.05) is 6.61 Å². The lowest BCUT2D eigenvalue weighted by molar-refractivity contribution is -0.119. The summed E-state index contributed by atoms with van der Waals surface area (Å²) in [7, 11) is 0. The highest BCUT2D eigenvalue weighted by Crippen LogP contribution is 2.55. The first kappa shape index (κ1) is 29.6. The number of nitrogens with zero attached hydrogens (tertiary/aromatic N) is 1. The van der Waals surface area contributed by atoms with Crippen LogP contribution in [-0.2, 0) is 16.1 Å². The minimum absolute atomic E-state index is 0.0366. The summed E-state index contributed by atoms with van der Waals surface area (Å²) in [5.74, 6) is 1.07. The highest BCUT2D eigenvalue weighted by molar-refractivity contribution is 9.10. The smallest absolute Gasteiger partial charge is 0.175 e. The molecule has 3 aliphatic rings. The fourth-order valence-corrected chi connectivity index (χ4v) is 7.26. The molecule has 1 heterocycles. The lowest BCUT2D eigenvalue weighted by atomic mass is 9.63. The monoisotopic (exact) mass is 619 g/mol. The molecule has 0 amide bonds. The number of hydrogen-bond acceptors (Lipinski definition) is 5. The van der Waals surface area contributed by atoms with E-state index in [2.05, 4.69) is 60.7 Å². The van der Waals surface area contributed by atoms with Crippen LogP contribution < -0.4 is 9.47 Å². The second kappa shape index (κ2) is 11.1. The topological polar surface area (TPSA) is 55.8 Å². The van der Waals surface area contributed by atoms with Gasteiger partial charge in [-0.3, -0.25) is 9.59 Å². The van der Waals surface area contributed by atoms with Crippen LogP contribution in [0.3, 0.4) is 0 Å². The molecular weight excluding hydrogens is 578 g/mol. The van der Waals surface area contributed by atoms with Crippen LogP contribution in [0.4, 0.5) is 0 Å². The number of halogens is 1. The number of carbonyl (C=O) groups excluding carboxylic acids is 2. The van der Waals surface area contributed by atoms with E-state index in [-0.39, 0.29) is 28.5 Å². The quantitative estimate of drug-likeness (QED) is 0.311. The molecule has 0 atom stereocenters. The first-order chi connectivity index (χ1) is 19.3. The van der Waals surface area contributed by atoms with Crippen LogP contribution >= 0.6 is 15.9 Å². The third-order valence-electron chi connectivity index (χ3n) is 8.22. The molecule has 2 aromatic rings. The molecule has 0 aromatic heterocycles. The number of ether oxygens (including phenoxy) is 2. The molecular formula is C35H42BrNO4. The van der Waals surface area contributed by atoms with Gasteiger partial charge in [-0.2, -0.15) is 0 Å². The van der Waals surface area contributed by atoms with Crippen LogP contribution in [0.25, 0.3) is 0 Å². The molecule has 1 aliphatic heterocycles. The van der Waals surface area contributed by atoms with Crippen molar-refractivity contribution in [2.24, 2.45) is 10.8 Å². The number of carbonyl (C=O) groups is 2. The molecule has 0 spiro atoms. The Labute approximate surface area is 253 Å². The van der Waals surface area contributed by atoms with Gasteiger partial charge in [-0.05, 0) is 83.6 Å². The number of Topliss-reactive ketones (excluding diaryl/α,β-unsaturated/α-hetero) is 2. The number of benzene rings is 2. The molecule has 0 fully saturated rings. The third kappa shape index (κ3) is 5.90. The molecule has 218 valence electrons. The van der Waals surface area contributed by atoms with Crippen molar-refractivity contribution in [3.8, 4) is 11.5 Å². The maximum absolute atomic E-state index is 14.2. The fraction of sp³-hybridized carbons (Fsp3) is 0.486. The lowest BCUT2D eigenvalue weighted by Crippen LogP contribution is -2.44. The van der Waals surface area contributed by atoms with Crippen molar-refractivity contribution in [1.82, 2.24) is 4.90 Å². The molecule has 0 radical (unpaired) electrons. The van der Waals surface area contributed by atoms with Crippen molar-refractivity contribution in [3.05, 3.63) is 80.6 Å². The molecule has 2 aliphatic carbocycles. The first-order valence-corrected chi connectivity index (χ1v) is 15.6. The molecule has 0 saturated heterocycles. The molecule has 0 unspecified atom stereocenters. The maximum Gasteiger partial charge on any atom is 0.175 e. The van der Waals surface area contributed by atoms with Gasteiger partial charge in [0.2, 0.25) is 0 Å². The van der Waals surface area contributed by atoms with E-state index in [0.29, 0.717) is 37.5 Å². The van der Waals surface area contributed by atoms with Crippen LogP contribution in [0, 0.1) is 10.8 Å². The van der Waals surface area contributed by atoms with E-state index in [1.165, 1.54) is 0 Å². The van der Waals surface area contributed by atoms with E-state index in [1.54, 1.807) is 0 Å². The van der Waals surface area contributed by atoms with Gasteiger partial charge in [0.15, 0.2) is 23.1 Å². The molecule has 5 nitrogen and oxygen atoms in total. The second-order valence-electron chi connectivity index (χ2n) is 13.5. The Morgan fingerprint density at radius 3 is 1.98 bits per heavy atom. The van der Waals surface area contributed by atoms with E-state index >= 15 is 0 Å². The number of ketones is 2. The zero-order valence-corrected chi connectivity index (χ0v) is 27.0. The van der Waals surface area contributed by atoms with Crippen molar-refractivity contribution >= 4 is 27.5 Å². The summed E-state index contributed by atoms with van der Waals surface area (Å²) in [6, 6.07) is 14.4. The summed E-state index contributed by atoms with van der Waals surface area (Å²) in [6.45, 7) is 15.7. The van der Waals surface area contributed by atoms with Crippen LogP contribution in [-0.4, -0.2) is 29.2 Å². The van der Waals surface area contributed by atoms with Gasteiger partial charge in [0.05, 0.1) is 17.2 Å². The van der Waals surface area contributed by atoms with Gasteiger partial charge in [-0.15, -0.1) is 0 Å². The summed E-state index contributed by atoms with van der Waals surface area (Å²) in [4.78, 5) is 30.6. The Hall–Kier alpha value is -2.86. The van der Waals surface area contributed by atoms with Crippen molar-refractivity contribution in [1.29, 1.82) is 0 Å². The van der Waals surface area contributed by atoms with Crippen molar-refractivity contribution < 1.29 is 19.1 Å². The third-order valence-corrected chi connectivity index (χ3v) is 8.81. The van der Waals surface area contributed by atoms with Crippen LogP contribution in [0.15, 0.2) is 69.5 Å². The maximum atomic E-state index is 14.2. The number of hydrogen-bond donors (Lipinski definition) is 0. The van der Waals surface area contributed by atoms with Gasteiger partial charge >= 0.3 is 0 Å². The van der Waals surface area contributed by atoms with Gasteiger partial charge in [0.1, 0.15) is 0 Å². The molecule has 0 bridgehead atoms. The van der Waals surface area contributed by atoms with E-state index in [4.69, 9.17) is 9.47 Å². The lowest BCUT2D eigenvalue weighted by Gasteiger charge is -2.49. The minimum Gasteiger partial charge on any atom is -0.490 e. The standard InChI is InChI=1S/C35H42BrNO4/c1-8-40-29-15-23(14-24(36)33(29)41-21(2)3)30-31-25(16-34(4,5)18-27(31)38)37(20-22-12-10-9-11-13-22)26-17-35(6,7)19-28(39)32(26)30/h9-15,21,30H,8,16-20H2,1-7H3. The predicted octanol–water partition coefficient (Wildman–Crippen LogP) is 8.52. The SMILES string of the molecule is CCOc1cc(C2C3=C(CC(C)(C)CC3=O)N(Cc3ccccc3)C3=C2C(=O)CC(C)(C)C3)cc(Br)c1OC(C)C. The Morgan fingerprint density at radius 1 is 0.902 bits per heavy atom. The van der Waals surface area contributed by atoms with Crippen LogP contribution in [0.5, 0.6) is 11.5 Å². The average molecular weight is 621 g/mol.